The number of rotatable bonds is 7. The highest BCUT2D eigenvalue weighted by Gasteiger charge is 2.28. The Balaban J connectivity index is 1.78. The smallest absolute Gasteiger partial charge is 0.326 e. The first-order chi connectivity index (χ1) is 12.7. The van der Waals surface area contributed by atoms with Gasteiger partial charge in [-0.1, -0.05) is 37.2 Å². The van der Waals surface area contributed by atoms with Gasteiger partial charge in [0.1, 0.15) is 5.75 Å². The third kappa shape index (κ3) is 4.30. The maximum absolute atomic E-state index is 13.0. The fraction of sp³-hybridized carbons (Fsp3) is 0.350. The van der Waals surface area contributed by atoms with E-state index >= 15 is 0 Å². The lowest BCUT2D eigenvalue weighted by Crippen LogP contribution is -2.39. The van der Waals surface area contributed by atoms with Crippen LogP contribution in [-0.4, -0.2) is 31.2 Å². The van der Waals surface area contributed by atoms with E-state index in [9.17, 15) is 4.79 Å². The van der Waals surface area contributed by atoms with Crippen molar-refractivity contribution in [3.8, 4) is 5.75 Å². The fourth-order valence-corrected chi connectivity index (χ4v) is 4.72. The van der Waals surface area contributed by atoms with Gasteiger partial charge in [-0.3, -0.25) is 4.90 Å². The largest absolute Gasteiger partial charge is 0.497 e. The number of carbonyl (C=O) groups excluding carboxylic acids is 1. The molecule has 0 spiro atoms. The van der Waals surface area contributed by atoms with Gasteiger partial charge in [-0.25, -0.2) is 4.79 Å². The van der Waals surface area contributed by atoms with E-state index in [0.29, 0.717) is 6.54 Å². The molecule has 0 bridgehead atoms. The quantitative estimate of drug-likeness (QED) is 0.632. The lowest BCUT2D eigenvalue weighted by Gasteiger charge is -2.31. The summed E-state index contributed by atoms with van der Waals surface area (Å²) >= 11 is 3.57. The minimum Gasteiger partial charge on any atom is -0.497 e. The van der Waals surface area contributed by atoms with Gasteiger partial charge < -0.3 is 10.1 Å². The number of carbonyl (C=O) groups is 1. The molecule has 0 saturated heterocycles. The maximum Gasteiger partial charge on any atom is 0.326 e. The molecule has 3 rings (SSSR count). The van der Waals surface area contributed by atoms with Crippen LogP contribution < -0.4 is 15.0 Å². The number of urea groups is 1. The zero-order valence-electron chi connectivity index (χ0n) is 15.2. The first-order valence-corrected chi connectivity index (χ1v) is 10.8. The van der Waals surface area contributed by atoms with Gasteiger partial charge in [0.05, 0.1) is 18.5 Å². The number of amides is 2. The number of methoxy groups -OCH3 is 1. The molecule has 0 radical (unpaired) electrons. The van der Waals surface area contributed by atoms with Gasteiger partial charge in [0, 0.05) is 28.2 Å². The highest BCUT2D eigenvalue weighted by Crippen LogP contribution is 2.49. The lowest BCUT2D eigenvalue weighted by molar-refractivity contribution is 0.249. The average molecular weight is 389 g/mol. The Bertz CT molecular complexity index is 767. The van der Waals surface area contributed by atoms with E-state index in [0.717, 1.165) is 38.4 Å². The molecule has 1 aliphatic rings. The molecule has 6 heteroatoms. The lowest BCUT2D eigenvalue weighted by atomic mass is 10.2. The molecule has 1 N–H and O–H groups in total. The average Bonchev–Trinajstić information content (AvgIpc) is 2.68. The van der Waals surface area contributed by atoms with E-state index in [1.54, 1.807) is 23.8 Å². The Labute approximate surface area is 163 Å². The summed E-state index contributed by atoms with van der Waals surface area (Å²) < 4.78 is 5.36. The molecule has 138 valence electrons. The zero-order chi connectivity index (χ0) is 18.4. The van der Waals surface area contributed by atoms with E-state index in [1.807, 2.05) is 54.2 Å². The topological polar surface area (TPSA) is 41.6 Å². The van der Waals surface area contributed by atoms with Crippen LogP contribution >= 0.6 is 23.5 Å². The Morgan fingerprint density at radius 3 is 2.77 bits per heavy atom. The second-order valence-electron chi connectivity index (χ2n) is 5.94. The van der Waals surface area contributed by atoms with Crippen LogP contribution in [0.2, 0.25) is 0 Å². The van der Waals surface area contributed by atoms with Gasteiger partial charge in [-0.05, 0) is 36.4 Å². The predicted octanol–water partition coefficient (Wildman–Crippen LogP) is 5.54. The zero-order valence-corrected chi connectivity index (χ0v) is 16.8. The maximum atomic E-state index is 13.0. The fourth-order valence-electron chi connectivity index (χ4n) is 2.74. The number of nitrogens with one attached hydrogen (secondary N) is 1. The minimum absolute atomic E-state index is 0.0941. The highest BCUT2D eigenvalue weighted by atomic mass is 32.2. The molecule has 2 amide bonds. The van der Waals surface area contributed by atoms with Crippen LogP contribution in [0.5, 0.6) is 5.75 Å². The van der Waals surface area contributed by atoms with Crippen LogP contribution in [0.15, 0.2) is 52.3 Å². The van der Waals surface area contributed by atoms with Gasteiger partial charge in [0.25, 0.3) is 0 Å². The SMILES string of the molecule is CCCCSCCNC(=O)N1c2ccccc2Sc2ccc(OC)cc21. The Hall–Kier alpha value is -1.79. The molecule has 2 aromatic carbocycles. The highest BCUT2D eigenvalue weighted by molar-refractivity contribution is 7.99. The van der Waals surface area contributed by atoms with E-state index in [2.05, 4.69) is 12.2 Å². The molecule has 4 nitrogen and oxygen atoms in total. The molecule has 0 unspecified atom stereocenters. The minimum atomic E-state index is -0.0941. The first-order valence-electron chi connectivity index (χ1n) is 8.85. The number of hydrogen-bond donors (Lipinski definition) is 1. The van der Waals surface area contributed by atoms with Gasteiger partial charge in [0.2, 0.25) is 0 Å². The van der Waals surface area contributed by atoms with Gasteiger partial charge in [0.15, 0.2) is 0 Å². The van der Waals surface area contributed by atoms with Crippen molar-refractivity contribution in [3.63, 3.8) is 0 Å². The summed E-state index contributed by atoms with van der Waals surface area (Å²) in [4.78, 5) is 16.9. The molecule has 2 aromatic rings. The number of anilines is 2. The number of ether oxygens (including phenoxy) is 1. The van der Waals surface area contributed by atoms with Crippen LogP contribution in [0, 0.1) is 0 Å². The van der Waals surface area contributed by atoms with Crippen LogP contribution in [0.3, 0.4) is 0 Å². The number of para-hydroxylation sites is 1. The van der Waals surface area contributed by atoms with Crippen molar-refractivity contribution < 1.29 is 9.53 Å². The number of nitrogens with zero attached hydrogens (tertiary/aromatic N) is 1. The Kier molecular flexibility index (Phi) is 6.74. The first kappa shape index (κ1) is 19.0. The molecular weight excluding hydrogens is 364 g/mol. The van der Waals surface area contributed by atoms with Gasteiger partial charge >= 0.3 is 6.03 Å². The second-order valence-corrected chi connectivity index (χ2v) is 8.25. The molecule has 0 aliphatic carbocycles. The van der Waals surface area contributed by atoms with E-state index in [1.165, 1.54) is 12.8 Å². The van der Waals surface area contributed by atoms with Gasteiger partial charge in [-0.2, -0.15) is 11.8 Å². The number of benzene rings is 2. The molecule has 0 saturated carbocycles. The summed E-state index contributed by atoms with van der Waals surface area (Å²) in [5.41, 5.74) is 1.78. The van der Waals surface area contributed by atoms with Crippen LogP contribution in [0.1, 0.15) is 19.8 Å². The molecular formula is C20H24N2O2S2. The molecule has 0 fully saturated rings. The molecule has 0 atom stereocenters. The molecule has 1 aliphatic heterocycles. The summed E-state index contributed by atoms with van der Waals surface area (Å²) in [7, 11) is 1.64. The third-order valence-electron chi connectivity index (χ3n) is 4.10. The summed E-state index contributed by atoms with van der Waals surface area (Å²) in [6, 6.07) is 13.8. The van der Waals surface area contributed by atoms with E-state index < -0.39 is 0 Å². The summed E-state index contributed by atoms with van der Waals surface area (Å²) in [6.07, 6.45) is 2.43. The third-order valence-corrected chi connectivity index (χ3v) is 6.30. The van der Waals surface area contributed by atoms with E-state index in [4.69, 9.17) is 4.74 Å². The summed E-state index contributed by atoms with van der Waals surface area (Å²) in [5, 5.41) is 3.06. The van der Waals surface area contributed by atoms with Crippen molar-refractivity contribution in [1.82, 2.24) is 5.32 Å². The van der Waals surface area contributed by atoms with Crippen molar-refractivity contribution >= 4 is 40.9 Å². The predicted molar refractivity (Wildman–Crippen MR) is 111 cm³/mol. The van der Waals surface area contributed by atoms with E-state index in [-0.39, 0.29) is 6.03 Å². The summed E-state index contributed by atoms with van der Waals surface area (Å²) in [6.45, 7) is 2.86. The Morgan fingerprint density at radius 1 is 1.15 bits per heavy atom. The normalized spacial score (nSPS) is 12.3. The number of unbranched alkanes of at least 4 members (excludes halogenated alkanes) is 1. The van der Waals surface area contributed by atoms with Crippen LogP contribution in [-0.2, 0) is 0 Å². The number of fused-ring (bicyclic) bond motifs is 2. The molecule has 1 heterocycles. The summed E-state index contributed by atoms with van der Waals surface area (Å²) in [5.74, 6) is 2.83. The number of hydrogen-bond acceptors (Lipinski definition) is 4. The van der Waals surface area contributed by atoms with Gasteiger partial charge in [-0.15, -0.1) is 0 Å². The van der Waals surface area contributed by atoms with Crippen molar-refractivity contribution in [2.24, 2.45) is 0 Å². The standard InChI is InChI=1S/C20H24N2O2S2/c1-3-4-12-25-13-11-21-20(23)22-16-7-5-6-8-18(16)26-19-10-9-15(24-2)14-17(19)22/h5-10,14H,3-4,11-13H2,1-2H3,(H,21,23). The number of thioether (sulfide) groups is 1. The monoisotopic (exact) mass is 388 g/mol. The van der Waals surface area contributed by atoms with Crippen molar-refractivity contribution in [1.29, 1.82) is 0 Å². The van der Waals surface area contributed by atoms with Crippen molar-refractivity contribution in [2.45, 2.75) is 29.6 Å². The van der Waals surface area contributed by atoms with Crippen molar-refractivity contribution in [3.05, 3.63) is 42.5 Å². The molecule has 26 heavy (non-hydrogen) atoms. The van der Waals surface area contributed by atoms with Crippen LogP contribution in [0.4, 0.5) is 16.2 Å². The van der Waals surface area contributed by atoms with Crippen LogP contribution in [0.25, 0.3) is 0 Å². The second kappa shape index (κ2) is 9.24. The van der Waals surface area contributed by atoms with Crippen molar-refractivity contribution in [2.75, 3.05) is 30.1 Å². The Morgan fingerprint density at radius 2 is 1.96 bits per heavy atom. The molecule has 0 aromatic heterocycles.